The molecule has 0 radical (unpaired) electrons. The molecule has 3 rings (SSSR count). The number of fused-ring (bicyclic) bond motifs is 1. The van der Waals surface area contributed by atoms with Crippen molar-refractivity contribution in [2.24, 2.45) is 0 Å². The lowest BCUT2D eigenvalue weighted by atomic mass is 10.1. The lowest BCUT2D eigenvalue weighted by molar-refractivity contribution is -0.138. The number of nitrogens with zero attached hydrogens (tertiary/aromatic N) is 3. The standard InChI is InChI=1S/C22H27N3O2.C4H6Cl2/c1-6-7-19-22-16(4)25(15(2)3)21(26)14-24(22)20(23-19)13-10-17-8-11-18(27-5)12-9-17;1-4(6)2-3-5/h6-13,15-16H,14H2,1-5H3;2H,3H2,1H3/b7-6+,13-10+;4-2+. The summed E-state index contributed by atoms with van der Waals surface area (Å²) in [6.45, 7) is 10.3. The van der Waals surface area contributed by atoms with E-state index in [1.807, 2.05) is 65.0 Å². The Kier molecular flexibility index (Phi) is 10.3. The number of hydrogen-bond acceptors (Lipinski definition) is 3. The Bertz CT molecular complexity index is 1020. The van der Waals surface area contributed by atoms with Gasteiger partial charge in [-0.1, -0.05) is 42.0 Å². The topological polar surface area (TPSA) is 47.4 Å². The van der Waals surface area contributed by atoms with Crippen molar-refractivity contribution in [3.63, 3.8) is 0 Å². The Morgan fingerprint density at radius 1 is 1.24 bits per heavy atom. The molecular weight excluding hydrogens is 457 g/mol. The third-order valence-electron chi connectivity index (χ3n) is 5.24. The summed E-state index contributed by atoms with van der Waals surface area (Å²) < 4.78 is 7.24. The van der Waals surface area contributed by atoms with Gasteiger partial charge >= 0.3 is 0 Å². The second-order valence-corrected chi connectivity index (χ2v) is 8.85. The Morgan fingerprint density at radius 2 is 1.91 bits per heavy atom. The van der Waals surface area contributed by atoms with E-state index in [2.05, 4.69) is 20.8 Å². The van der Waals surface area contributed by atoms with Crippen molar-refractivity contribution in [2.75, 3.05) is 13.0 Å². The van der Waals surface area contributed by atoms with E-state index in [1.54, 1.807) is 20.1 Å². The summed E-state index contributed by atoms with van der Waals surface area (Å²) >= 11 is 10.6. The molecule has 0 aliphatic carbocycles. The Hall–Kier alpha value is -2.50. The second-order valence-electron chi connectivity index (χ2n) is 7.95. The van der Waals surface area contributed by atoms with Crippen LogP contribution in [0, 0.1) is 0 Å². The van der Waals surface area contributed by atoms with Crippen molar-refractivity contribution >= 4 is 47.3 Å². The van der Waals surface area contributed by atoms with E-state index >= 15 is 0 Å². The third kappa shape index (κ3) is 6.99. The minimum absolute atomic E-state index is 0.00640. The Labute approximate surface area is 207 Å². The quantitative estimate of drug-likeness (QED) is 0.420. The number of halogens is 2. The van der Waals surface area contributed by atoms with Gasteiger partial charge in [0.2, 0.25) is 5.91 Å². The van der Waals surface area contributed by atoms with Crippen LogP contribution >= 0.6 is 23.2 Å². The summed E-state index contributed by atoms with van der Waals surface area (Å²) in [5, 5.41) is 0.755. The maximum Gasteiger partial charge on any atom is 0.243 e. The molecule has 1 aromatic heterocycles. The number of carbonyl (C=O) groups is 1. The fourth-order valence-corrected chi connectivity index (χ4v) is 4.20. The summed E-state index contributed by atoms with van der Waals surface area (Å²) in [6, 6.07) is 8.00. The molecule has 1 aromatic carbocycles. The molecule has 1 amide bonds. The van der Waals surface area contributed by atoms with Crippen molar-refractivity contribution in [1.82, 2.24) is 14.5 Å². The number of carbonyl (C=O) groups excluding carboxylic acids is 1. The lowest BCUT2D eigenvalue weighted by Gasteiger charge is -2.38. The van der Waals surface area contributed by atoms with Crippen LogP contribution in [0.1, 0.15) is 63.4 Å². The fraction of sp³-hybridized carbons (Fsp3) is 0.385. The van der Waals surface area contributed by atoms with Crippen LogP contribution in [0.2, 0.25) is 0 Å². The number of methoxy groups -OCH3 is 1. The number of alkyl halides is 1. The Balaban J connectivity index is 0.000000569. The highest BCUT2D eigenvalue weighted by Crippen LogP contribution is 2.32. The molecule has 1 aliphatic rings. The van der Waals surface area contributed by atoms with Gasteiger partial charge in [0.05, 0.1) is 24.5 Å². The monoisotopic (exact) mass is 489 g/mol. The molecule has 0 bridgehead atoms. The molecule has 0 fully saturated rings. The highest BCUT2D eigenvalue weighted by molar-refractivity contribution is 6.30. The minimum atomic E-state index is -0.00640. The molecule has 2 heterocycles. The third-order valence-corrected chi connectivity index (χ3v) is 5.55. The molecule has 7 heteroatoms. The first-order valence-corrected chi connectivity index (χ1v) is 11.9. The fourth-order valence-electron chi connectivity index (χ4n) is 3.81. The zero-order valence-corrected chi connectivity index (χ0v) is 21.7. The van der Waals surface area contributed by atoms with E-state index in [0.717, 1.165) is 33.6 Å². The van der Waals surface area contributed by atoms with Gasteiger partial charge in [0.25, 0.3) is 0 Å². The first-order valence-electron chi connectivity index (χ1n) is 11.0. The highest BCUT2D eigenvalue weighted by atomic mass is 35.5. The molecule has 5 nitrogen and oxygen atoms in total. The van der Waals surface area contributed by atoms with Gasteiger partial charge in [-0.15, -0.1) is 11.6 Å². The van der Waals surface area contributed by atoms with Crippen molar-refractivity contribution in [3.8, 4) is 5.75 Å². The van der Waals surface area contributed by atoms with E-state index < -0.39 is 0 Å². The summed E-state index contributed by atoms with van der Waals surface area (Å²) in [5.74, 6) is 2.27. The molecule has 0 N–H and O–H groups in total. The molecule has 33 heavy (non-hydrogen) atoms. The summed E-state index contributed by atoms with van der Waals surface area (Å²) in [5.41, 5.74) is 3.08. The average molecular weight is 490 g/mol. The number of aromatic nitrogens is 2. The molecule has 0 saturated carbocycles. The van der Waals surface area contributed by atoms with Gasteiger partial charge in [-0.05, 0) is 64.5 Å². The van der Waals surface area contributed by atoms with Gasteiger partial charge in [-0.25, -0.2) is 4.98 Å². The molecule has 1 unspecified atom stereocenters. The van der Waals surface area contributed by atoms with Crippen LogP contribution < -0.4 is 4.74 Å². The van der Waals surface area contributed by atoms with Crippen molar-refractivity contribution in [2.45, 2.75) is 53.2 Å². The largest absolute Gasteiger partial charge is 0.497 e. The lowest BCUT2D eigenvalue weighted by Crippen LogP contribution is -2.45. The van der Waals surface area contributed by atoms with Gasteiger partial charge in [0.15, 0.2) is 0 Å². The van der Waals surface area contributed by atoms with E-state index in [9.17, 15) is 4.79 Å². The average Bonchev–Trinajstić information content (AvgIpc) is 3.10. The van der Waals surface area contributed by atoms with Crippen molar-refractivity contribution in [1.29, 1.82) is 0 Å². The number of rotatable bonds is 6. The number of amides is 1. The van der Waals surface area contributed by atoms with E-state index in [-0.39, 0.29) is 18.0 Å². The molecular formula is C26H33Cl2N3O2. The van der Waals surface area contributed by atoms with Crippen molar-refractivity contribution < 1.29 is 9.53 Å². The number of allylic oxidation sites excluding steroid dienone is 3. The number of hydrogen-bond donors (Lipinski definition) is 0. The van der Waals surface area contributed by atoms with Gasteiger partial charge < -0.3 is 14.2 Å². The number of benzene rings is 1. The predicted octanol–water partition coefficient (Wildman–Crippen LogP) is 6.77. The second kappa shape index (κ2) is 12.7. The van der Waals surface area contributed by atoms with Gasteiger partial charge in [-0.3, -0.25) is 4.79 Å². The van der Waals surface area contributed by atoms with Crippen LogP contribution in [0.25, 0.3) is 18.2 Å². The molecule has 1 atom stereocenters. The maximum absolute atomic E-state index is 12.7. The first kappa shape index (κ1) is 26.7. The van der Waals surface area contributed by atoms with E-state index in [0.29, 0.717) is 12.4 Å². The van der Waals surface area contributed by atoms with Crippen LogP contribution in [0.3, 0.4) is 0 Å². The molecule has 0 saturated heterocycles. The Morgan fingerprint density at radius 3 is 2.39 bits per heavy atom. The summed E-state index contributed by atoms with van der Waals surface area (Å²) in [6.07, 6.45) is 9.73. The first-order chi connectivity index (χ1) is 15.7. The van der Waals surface area contributed by atoms with Crippen LogP contribution in [0.4, 0.5) is 0 Å². The van der Waals surface area contributed by atoms with E-state index in [1.165, 1.54) is 0 Å². The van der Waals surface area contributed by atoms with Gasteiger partial charge in [0, 0.05) is 17.0 Å². The molecule has 1 aliphatic heterocycles. The summed E-state index contributed by atoms with van der Waals surface area (Å²) in [4.78, 5) is 19.4. The maximum atomic E-state index is 12.7. The molecule has 178 valence electrons. The zero-order chi connectivity index (χ0) is 24.5. The highest BCUT2D eigenvalue weighted by Gasteiger charge is 2.34. The summed E-state index contributed by atoms with van der Waals surface area (Å²) in [7, 11) is 1.66. The molecule has 2 aromatic rings. The van der Waals surface area contributed by atoms with Crippen molar-refractivity contribution in [3.05, 3.63) is 64.2 Å². The number of ether oxygens (including phenoxy) is 1. The van der Waals surface area contributed by atoms with Gasteiger partial charge in [0.1, 0.15) is 18.1 Å². The minimum Gasteiger partial charge on any atom is -0.497 e. The van der Waals surface area contributed by atoms with E-state index in [4.69, 9.17) is 32.9 Å². The van der Waals surface area contributed by atoms with Crippen LogP contribution in [0.15, 0.2) is 41.4 Å². The normalized spacial score (nSPS) is 16.4. The smallest absolute Gasteiger partial charge is 0.243 e. The SMILES string of the molecule is C/C(Cl)=C\CCl.C/C=C/c1nc(/C=C/c2ccc(OC)cc2)n2c1C(C)N(C(C)C)C(=O)C2. The number of imidazole rings is 1. The van der Waals surface area contributed by atoms with Crippen LogP contribution in [-0.2, 0) is 11.3 Å². The van der Waals surface area contributed by atoms with Crippen LogP contribution in [-0.4, -0.2) is 39.4 Å². The van der Waals surface area contributed by atoms with Gasteiger partial charge in [-0.2, -0.15) is 0 Å². The van der Waals surface area contributed by atoms with Crippen LogP contribution in [0.5, 0.6) is 5.75 Å². The zero-order valence-electron chi connectivity index (χ0n) is 20.2. The molecule has 0 spiro atoms. The predicted molar refractivity (Wildman–Crippen MR) is 140 cm³/mol.